The Labute approximate surface area is 178 Å². The summed E-state index contributed by atoms with van der Waals surface area (Å²) in [5.41, 5.74) is 2.90. The molecule has 2 aromatic carbocycles. The maximum absolute atomic E-state index is 12.9. The first kappa shape index (κ1) is 20.5. The van der Waals surface area contributed by atoms with E-state index in [-0.39, 0.29) is 10.6 Å². The van der Waals surface area contributed by atoms with Gasteiger partial charge in [-0.1, -0.05) is 29.8 Å². The molecular weight excluding hydrogens is 424 g/mol. The predicted molar refractivity (Wildman–Crippen MR) is 116 cm³/mol. The van der Waals surface area contributed by atoms with Crippen molar-refractivity contribution >= 4 is 32.2 Å². The van der Waals surface area contributed by atoms with Crippen LogP contribution in [0.25, 0.3) is 11.3 Å². The van der Waals surface area contributed by atoms with Crippen molar-refractivity contribution in [1.82, 2.24) is 9.29 Å². The number of anilines is 1. The Morgan fingerprint density at radius 2 is 1.80 bits per heavy atom. The van der Waals surface area contributed by atoms with Crippen molar-refractivity contribution in [2.45, 2.75) is 11.8 Å². The van der Waals surface area contributed by atoms with Crippen LogP contribution in [0.3, 0.4) is 0 Å². The van der Waals surface area contributed by atoms with Crippen LogP contribution in [-0.2, 0) is 10.0 Å². The fourth-order valence-electron chi connectivity index (χ4n) is 3.37. The van der Waals surface area contributed by atoms with Gasteiger partial charge in [0.1, 0.15) is 0 Å². The molecule has 1 fully saturated rings. The van der Waals surface area contributed by atoms with Crippen molar-refractivity contribution in [1.29, 1.82) is 0 Å². The second-order valence-corrected chi connectivity index (χ2v) is 9.80. The minimum absolute atomic E-state index is 0.0545. The lowest BCUT2D eigenvalue weighted by atomic mass is 10.1. The second kappa shape index (κ2) is 8.13. The van der Waals surface area contributed by atoms with Crippen molar-refractivity contribution < 1.29 is 13.3 Å². The number of aryl methyl sites for hydroxylation is 1. The van der Waals surface area contributed by atoms with E-state index in [4.69, 9.17) is 4.98 Å². The zero-order valence-corrected chi connectivity index (χ0v) is 17.9. The molecule has 0 radical (unpaired) electrons. The molecule has 1 aliphatic rings. The van der Waals surface area contributed by atoms with Crippen molar-refractivity contribution in [3.8, 4) is 11.3 Å². The van der Waals surface area contributed by atoms with Crippen molar-refractivity contribution in [3.05, 3.63) is 69.6 Å². The van der Waals surface area contributed by atoms with E-state index >= 15 is 0 Å². The molecule has 0 aliphatic carbocycles. The Kier molecular flexibility index (Phi) is 5.54. The Hall–Kier alpha value is -2.82. The number of benzene rings is 2. The number of hydrogen-bond donors (Lipinski definition) is 0. The first-order chi connectivity index (χ1) is 14.3. The third-order valence-electron chi connectivity index (χ3n) is 4.98. The van der Waals surface area contributed by atoms with Crippen LogP contribution in [0.5, 0.6) is 0 Å². The summed E-state index contributed by atoms with van der Waals surface area (Å²) >= 11 is 1.54. The molecule has 10 heteroatoms. The van der Waals surface area contributed by atoms with Crippen molar-refractivity contribution in [2.75, 3.05) is 31.1 Å². The van der Waals surface area contributed by atoms with Gasteiger partial charge in [0.15, 0.2) is 5.13 Å². The van der Waals surface area contributed by atoms with E-state index in [0.29, 0.717) is 26.2 Å². The molecule has 1 aromatic heterocycles. The van der Waals surface area contributed by atoms with E-state index in [1.807, 2.05) is 30.5 Å². The molecule has 30 heavy (non-hydrogen) atoms. The Morgan fingerprint density at radius 3 is 2.50 bits per heavy atom. The van der Waals surface area contributed by atoms with Gasteiger partial charge >= 0.3 is 0 Å². The number of non-ortho nitro benzene ring substituents is 1. The molecule has 0 bridgehead atoms. The van der Waals surface area contributed by atoms with Crippen LogP contribution in [0.2, 0.25) is 0 Å². The number of nitro groups is 1. The monoisotopic (exact) mass is 444 g/mol. The van der Waals surface area contributed by atoms with Gasteiger partial charge in [0.05, 0.1) is 15.5 Å². The number of rotatable bonds is 5. The van der Waals surface area contributed by atoms with Gasteiger partial charge in [0.2, 0.25) is 10.0 Å². The standard InChI is InChI=1S/C20H20N4O4S2/c1-15-4-2-5-16(12-15)19-14-29-20(21-19)22-8-10-23(11-9-22)30(27,28)18-7-3-6-17(13-18)24(25)26/h2-7,12-14H,8-11H2,1H3. The third kappa shape index (κ3) is 4.07. The van der Waals surface area contributed by atoms with Crippen LogP contribution < -0.4 is 4.90 Å². The minimum atomic E-state index is -3.78. The number of aromatic nitrogens is 1. The highest BCUT2D eigenvalue weighted by Crippen LogP contribution is 2.29. The fourth-order valence-corrected chi connectivity index (χ4v) is 5.72. The van der Waals surface area contributed by atoms with Crippen LogP contribution in [0, 0.1) is 17.0 Å². The zero-order valence-electron chi connectivity index (χ0n) is 16.3. The summed E-state index contributed by atoms with van der Waals surface area (Å²) in [6.07, 6.45) is 0. The summed E-state index contributed by atoms with van der Waals surface area (Å²) < 4.78 is 27.2. The third-order valence-corrected chi connectivity index (χ3v) is 7.78. The molecular formula is C20H20N4O4S2. The lowest BCUT2D eigenvalue weighted by molar-refractivity contribution is -0.385. The lowest BCUT2D eigenvalue weighted by Crippen LogP contribution is -2.48. The van der Waals surface area contributed by atoms with Crippen LogP contribution in [0.1, 0.15) is 5.56 Å². The summed E-state index contributed by atoms with van der Waals surface area (Å²) in [6.45, 7) is 3.65. The molecule has 1 aliphatic heterocycles. The molecule has 2 heterocycles. The van der Waals surface area contributed by atoms with Gasteiger partial charge in [-0.3, -0.25) is 10.1 Å². The number of piperazine rings is 1. The van der Waals surface area contributed by atoms with Gasteiger partial charge in [-0.2, -0.15) is 4.31 Å². The average Bonchev–Trinajstić information content (AvgIpc) is 3.24. The van der Waals surface area contributed by atoms with Gasteiger partial charge in [-0.15, -0.1) is 11.3 Å². The minimum Gasteiger partial charge on any atom is -0.345 e. The van der Waals surface area contributed by atoms with Crippen LogP contribution >= 0.6 is 11.3 Å². The molecule has 0 atom stereocenters. The number of nitrogens with zero attached hydrogens (tertiary/aromatic N) is 4. The van der Waals surface area contributed by atoms with Crippen LogP contribution in [-0.4, -0.2) is 48.8 Å². The quantitative estimate of drug-likeness (QED) is 0.441. The highest BCUT2D eigenvalue weighted by molar-refractivity contribution is 7.89. The number of nitro benzene ring substituents is 1. The smallest absolute Gasteiger partial charge is 0.270 e. The number of thiazole rings is 1. The summed E-state index contributed by atoms with van der Waals surface area (Å²) in [7, 11) is -3.78. The molecule has 0 unspecified atom stereocenters. The van der Waals surface area contributed by atoms with E-state index in [1.165, 1.54) is 39.4 Å². The van der Waals surface area contributed by atoms with Gasteiger partial charge in [-0.25, -0.2) is 13.4 Å². The molecule has 0 amide bonds. The zero-order chi connectivity index (χ0) is 21.3. The van der Waals surface area contributed by atoms with E-state index in [1.54, 1.807) is 0 Å². The molecule has 0 saturated carbocycles. The number of sulfonamides is 1. The average molecular weight is 445 g/mol. The van der Waals surface area contributed by atoms with Gasteiger partial charge in [0, 0.05) is 49.3 Å². The fraction of sp³-hybridized carbons (Fsp3) is 0.250. The topological polar surface area (TPSA) is 96.7 Å². The first-order valence-corrected chi connectivity index (χ1v) is 11.7. The van der Waals surface area contributed by atoms with E-state index < -0.39 is 14.9 Å². The molecule has 0 spiro atoms. The highest BCUT2D eigenvalue weighted by Gasteiger charge is 2.30. The van der Waals surface area contributed by atoms with E-state index in [0.717, 1.165) is 22.5 Å². The highest BCUT2D eigenvalue weighted by atomic mass is 32.2. The Morgan fingerprint density at radius 1 is 1.07 bits per heavy atom. The molecule has 1 saturated heterocycles. The molecule has 0 N–H and O–H groups in total. The van der Waals surface area contributed by atoms with E-state index in [2.05, 4.69) is 11.0 Å². The van der Waals surface area contributed by atoms with Gasteiger partial charge in [-0.05, 0) is 19.1 Å². The molecule has 8 nitrogen and oxygen atoms in total. The van der Waals surface area contributed by atoms with E-state index in [9.17, 15) is 18.5 Å². The summed E-state index contributed by atoms with van der Waals surface area (Å²) in [5, 5.41) is 13.8. The van der Waals surface area contributed by atoms with Crippen LogP contribution in [0.15, 0.2) is 58.8 Å². The maximum atomic E-state index is 12.9. The van der Waals surface area contributed by atoms with Gasteiger partial charge in [0.25, 0.3) is 5.69 Å². The summed E-state index contributed by atoms with van der Waals surface area (Å²) in [4.78, 5) is 17.1. The summed E-state index contributed by atoms with van der Waals surface area (Å²) in [5.74, 6) is 0. The van der Waals surface area contributed by atoms with Crippen LogP contribution in [0.4, 0.5) is 10.8 Å². The Balaban J connectivity index is 1.46. The first-order valence-electron chi connectivity index (χ1n) is 9.37. The second-order valence-electron chi connectivity index (χ2n) is 7.03. The SMILES string of the molecule is Cc1cccc(-c2csc(N3CCN(S(=O)(=O)c4cccc([N+](=O)[O-])c4)CC3)n2)c1. The Bertz CT molecular complexity index is 1180. The largest absolute Gasteiger partial charge is 0.345 e. The lowest BCUT2D eigenvalue weighted by Gasteiger charge is -2.33. The normalized spacial score (nSPS) is 15.3. The molecule has 156 valence electrons. The summed E-state index contributed by atoms with van der Waals surface area (Å²) in [6, 6.07) is 13.3. The van der Waals surface area contributed by atoms with Gasteiger partial charge < -0.3 is 4.90 Å². The van der Waals surface area contributed by atoms with Crippen molar-refractivity contribution in [3.63, 3.8) is 0 Å². The number of hydrogen-bond acceptors (Lipinski definition) is 7. The predicted octanol–water partition coefficient (Wildman–Crippen LogP) is 3.54. The molecule has 4 rings (SSSR count). The molecule has 3 aromatic rings. The van der Waals surface area contributed by atoms with Crippen molar-refractivity contribution in [2.24, 2.45) is 0 Å². The maximum Gasteiger partial charge on any atom is 0.270 e.